The Morgan fingerprint density at radius 1 is 1.46 bits per heavy atom. The monoisotopic (exact) mass is 387 g/mol. The maximum atomic E-state index is 12.9. The van der Waals surface area contributed by atoms with E-state index in [0.29, 0.717) is 28.8 Å². The third-order valence-corrected chi connectivity index (χ3v) is 5.01. The Bertz CT molecular complexity index is 754. The second-order valence-corrected chi connectivity index (χ2v) is 6.99. The van der Waals surface area contributed by atoms with E-state index in [1.54, 1.807) is 6.07 Å². The fourth-order valence-electron chi connectivity index (χ4n) is 3.62. The van der Waals surface area contributed by atoms with Crippen molar-refractivity contribution >= 4 is 11.6 Å². The molecule has 2 unspecified atom stereocenters. The molecule has 2 atom stereocenters. The SMILES string of the molecule is NC1(c2cc(Cl)ncc2-c2ccn(C(F)F)n2)CCCC(NCCF)C1. The second-order valence-electron chi connectivity index (χ2n) is 6.60. The number of nitrogens with two attached hydrogens (primary N) is 1. The van der Waals surface area contributed by atoms with Gasteiger partial charge in [0.1, 0.15) is 11.8 Å². The van der Waals surface area contributed by atoms with Gasteiger partial charge in [-0.15, -0.1) is 0 Å². The fourth-order valence-corrected chi connectivity index (χ4v) is 3.78. The molecule has 0 spiro atoms. The van der Waals surface area contributed by atoms with Gasteiger partial charge in [-0.1, -0.05) is 11.6 Å². The van der Waals surface area contributed by atoms with E-state index in [2.05, 4.69) is 15.4 Å². The van der Waals surface area contributed by atoms with Gasteiger partial charge in [0.05, 0.1) is 5.69 Å². The maximum absolute atomic E-state index is 12.9. The Morgan fingerprint density at radius 3 is 2.96 bits per heavy atom. The second kappa shape index (κ2) is 7.94. The highest BCUT2D eigenvalue weighted by molar-refractivity contribution is 6.29. The smallest absolute Gasteiger partial charge is 0.321 e. The van der Waals surface area contributed by atoms with E-state index in [9.17, 15) is 13.2 Å². The molecule has 1 aliphatic rings. The zero-order valence-corrected chi connectivity index (χ0v) is 14.9. The van der Waals surface area contributed by atoms with Crippen molar-refractivity contribution < 1.29 is 13.2 Å². The number of nitrogens with zero attached hydrogens (tertiary/aromatic N) is 3. The summed E-state index contributed by atoms with van der Waals surface area (Å²) in [7, 11) is 0. The van der Waals surface area contributed by atoms with Crippen LogP contribution in [0.1, 0.15) is 37.8 Å². The summed E-state index contributed by atoms with van der Waals surface area (Å²) >= 11 is 6.08. The molecule has 0 saturated heterocycles. The lowest BCUT2D eigenvalue weighted by molar-refractivity contribution is 0.0568. The molecule has 0 amide bonds. The van der Waals surface area contributed by atoms with Crippen LogP contribution in [0.2, 0.25) is 5.15 Å². The number of rotatable bonds is 6. The van der Waals surface area contributed by atoms with E-state index in [1.807, 2.05) is 0 Å². The molecule has 2 aromatic rings. The van der Waals surface area contributed by atoms with Crippen LogP contribution in [0.25, 0.3) is 11.3 Å². The lowest BCUT2D eigenvalue weighted by atomic mass is 9.74. The van der Waals surface area contributed by atoms with E-state index in [-0.39, 0.29) is 17.7 Å². The zero-order chi connectivity index (χ0) is 18.7. The van der Waals surface area contributed by atoms with E-state index in [0.717, 1.165) is 18.4 Å². The van der Waals surface area contributed by atoms with E-state index in [4.69, 9.17) is 17.3 Å². The minimum Gasteiger partial charge on any atom is -0.321 e. The molecule has 9 heteroatoms. The molecule has 0 aromatic carbocycles. The number of alkyl halides is 3. The van der Waals surface area contributed by atoms with Crippen molar-refractivity contribution in [2.45, 2.75) is 43.8 Å². The molecule has 5 nitrogen and oxygen atoms in total. The molecule has 1 saturated carbocycles. The van der Waals surface area contributed by atoms with Crippen LogP contribution in [-0.2, 0) is 5.54 Å². The van der Waals surface area contributed by atoms with Crippen molar-refractivity contribution in [1.29, 1.82) is 0 Å². The number of nitrogens with one attached hydrogen (secondary N) is 1. The number of halogens is 4. The Kier molecular flexibility index (Phi) is 5.84. The van der Waals surface area contributed by atoms with Gasteiger partial charge in [0, 0.05) is 36.1 Å². The minimum atomic E-state index is -2.72. The molecule has 1 fully saturated rings. The lowest BCUT2D eigenvalue weighted by Gasteiger charge is -2.39. The molecule has 0 bridgehead atoms. The number of aromatic nitrogens is 3. The third kappa shape index (κ3) is 4.02. The maximum Gasteiger partial charge on any atom is 0.333 e. The summed E-state index contributed by atoms with van der Waals surface area (Å²) in [6, 6.07) is 3.27. The van der Waals surface area contributed by atoms with Gasteiger partial charge < -0.3 is 11.1 Å². The largest absolute Gasteiger partial charge is 0.333 e. The van der Waals surface area contributed by atoms with Gasteiger partial charge in [-0.25, -0.2) is 14.1 Å². The molecule has 1 aliphatic carbocycles. The number of hydrogen-bond donors (Lipinski definition) is 2. The van der Waals surface area contributed by atoms with Crippen LogP contribution in [0.4, 0.5) is 13.2 Å². The molecular weight excluding hydrogens is 367 g/mol. The van der Waals surface area contributed by atoms with Crippen molar-refractivity contribution in [2.75, 3.05) is 13.2 Å². The van der Waals surface area contributed by atoms with Crippen LogP contribution in [0.5, 0.6) is 0 Å². The Labute approximate surface area is 154 Å². The van der Waals surface area contributed by atoms with Crippen LogP contribution in [0.3, 0.4) is 0 Å². The molecular formula is C17H21ClF3N5. The third-order valence-electron chi connectivity index (χ3n) is 4.80. The molecule has 2 aromatic heterocycles. The van der Waals surface area contributed by atoms with Gasteiger partial charge in [-0.05, 0) is 43.4 Å². The molecule has 142 valence electrons. The van der Waals surface area contributed by atoms with Crippen LogP contribution >= 0.6 is 11.6 Å². The van der Waals surface area contributed by atoms with Gasteiger partial charge in [0.2, 0.25) is 0 Å². The van der Waals surface area contributed by atoms with E-state index >= 15 is 0 Å². The first-order valence-electron chi connectivity index (χ1n) is 8.51. The predicted octanol–water partition coefficient (Wildman–Crippen LogP) is 3.65. The molecule has 0 aliphatic heterocycles. The first-order chi connectivity index (χ1) is 12.4. The summed E-state index contributed by atoms with van der Waals surface area (Å²) in [6.45, 7) is -2.88. The predicted molar refractivity (Wildman–Crippen MR) is 93.8 cm³/mol. The summed E-state index contributed by atoms with van der Waals surface area (Å²) < 4.78 is 38.8. The molecule has 2 heterocycles. The van der Waals surface area contributed by atoms with Crippen LogP contribution < -0.4 is 11.1 Å². The van der Waals surface area contributed by atoms with E-state index < -0.39 is 18.8 Å². The average molecular weight is 388 g/mol. The zero-order valence-electron chi connectivity index (χ0n) is 14.1. The summed E-state index contributed by atoms with van der Waals surface area (Å²) in [5, 5.41) is 7.37. The van der Waals surface area contributed by atoms with E-state index in [1.165, 1.54) is 18.5 Å². The molecule has 26 heavy (non-hydrogen) atoms. The normalized spacial score (nSPS) is 23.5. The van der Waals surface area contributed by atoms with Gasteiger partial charge in [-0.2, -0.15) is 13.9 Å². The standard InChI is InChI=1S/C17H21ClF3N5/c18-15-8-13(17(22)4-1-2-11(9-17)23-6-5-19)12(10-24-15)14-3-7-26(25-14)16(20)21/h3,7-8,10-11,16,23H,1-2,4-6,9,22H2. The number of hydrogen-bond acceptors (Lipinski definition) is 4. The molecule has 0 radical (unpaired) electrons. The Morgan fingerprint density at radius 2 is 2.27 bits per heavy atom. The molecule has 3 rings (SSSR count). The summed E-state index contributed by atoms with van der Waals surface area (Å²) in [6.07, 6.45) is 5.81. The highest BCUT2D eigenvalue weighted by atomic mass is 35.5. The highest BCUT2D eigenvalue weighted by Gasteiger charge is 2.36. The topological polar surface area (TPSA) is 68.8 Å². The minimum absolute atomic E-state index is 0.0860. The Hall–Kier alpha value is -1.64. The summed E-state index contributed by atoms with van der Waals surface area (Å²) in [4.78, 5) is 4.07. The van der Waals surface area contributed by atoms with Crippen molar-refractivity contribution in [3.8, 4) is 11.3 Å². The van der Waals surface area contributed by atoms with Crippen LogP contribution in [-0.4, -0.2) is 34.0 Å². The first-order valence-corrected chi connectivity index (χ1v) is 8.88. The molecule has 3 N–H and O–H groups in total. The van der Waals surface area contributed by atoms with Gasteiger partial charge in [0.25, 0.3) is 0 Å². The average Bonchev–Trinajstić information content (AvgIpc) is 3.10. The first kappa shape index (κ1) is 19.1. The van der Waals surface area contributed by atoms with Crippen molar-refractivity contribution in [1.82, 2.24) is 20.1 Å². The van der Waals surface area contributed by atoms with Gasteiger partial charge in [-0.3, -0.25) is 0 Å². The van der Waals surface area contributed by atoms with Crippen molar-refractivity contribution in [3.05, 3.63) is 35.2 Å². The lowest BCUT2D eigenvalue weighted by Crippen LogP contribution is -2.48. The van der Waals surface area contributed by atoms with Gasteiger partial charge >= 0.3 is 6.55 Å². The quantitative estimate of drug-likeness (QED) is 0.742. The van der Waals surface area contributed by atoms with Crippen LogP contribution in [0, 0.1) is 0 Å². The van der Waals surface area contributed by atoms with Crippen LogP contribution in [0.15, 0.2) is 24.5 Å². The van der Waals surface area contributed by atoms with Crippen molar-refractivity contribution in [3.63, 3.8) is 0 Å². The summed E-state index contributed by atoms with van der Waals surface area (Å²) in [5.74, 6) is 0. The van der Waals surface area contributed by atoms with Crippen molar-refractivity contribution in [2.24, 2.45) is 5.73 Å². The Balaban J connectivity index is 1.96. The highest BCUT2D eigenvalue weighted by Crippen LogP contribution is 2.40. The fraction of sp³-hybridized carbons (Fsp3) is 0.529. The van der Waals surface area contributed by atoms with Gasteiger partial charge in [0.15, 0.2) is 0 Å². The summed E-state index contributed by atoms with van der Waals surface area (Å²) in [5.41, 5.74) is 7.67. The number of pyridine rings is 1.